The van der Waals surface area contributed by atoms with Crippen LogP contribution in [0.1, 0.15) is 16.1 Å². The molecule has 0 bridgehead atoms. The average molecular weight is 270 g/mol. The molecule has 0 fully saturated rings. The molecule has 0 spiro atoms. The molecule has 0 atom stereocenters. The number of aromatic nitrogens is 4. The number of carbonyl (C=O) groups is 1. The Hall–Kier alpha value is -2.63. The Morgan fingerprint density at radius 2 is 1.90 bits per heavy atom. The third-order valence-electron chi connectivity index (χ3n) is 3.38. The van der Waals surface area contributed by atoms with Gasteiger partial charge in [0, 0.05) is 12.6 Å². The van der Waals surface area contributed by atoms with E-state index in [9.17, 15) is 4.79 Å². The van der Waals surface area contributed by atoms with Crippen LogP contribution >= 0.6 is 0 Å². The Morgan fingerprint density at radius 1 is 1.20 bits per heavy atom. The molecule has 2 heterocycles. The van der Waals surface area contributed by atoms with Crippen molar-refractivity contribution < 1.29 is 9.53 Å². The van der Waals surface area contributed by atoms with Crippen LogP contribution < -0.4 is 0 Å². The molecule has 102 valence electrons. The molecule has 3 rings (SSSR count). The van der Waals surface area contributed by atoms with E-state index < -0.39 is 0 Å². The molecule has 1 aromatic carbocycles. The van der Waals surface area contributed by atoms with E-state index in [2.05, 4.69) is 10.4 Å². The first-order chi connectivity index (χ1) is 9.65. The first kappa shape index (κ1) is 12.4. The maximum absolute atomic E-state index is 12.2. The van der Waals surface area contributed by atoms with E-state index in [1.54, 1.807) is 16.2 Å². The van der Waals surface area contributed by atoms with Crippen LogP contribution in [0, 0.1) is 6.92 Å². The lowest BCUT2D eigenvalue weighted by molar-refractivity contribution is 0.0603. The van der Waals surface area contributed by atoms with E-state index in [1.807, 2.05) is 37.3 Å². The number of methoxy groups -OCH3 is 1. The molecule has 0 saturated carbocycles. The van der Waals surface area contributed by atoms with E-state index >= 15 is 0 Å². The highest BCUT2D eigenvalue weighted by atomic mass is 16.5. The van der Waals surface area contributed by atoms with Crippen molar-refractivity contribution in [2.24, 2.45) is 7.05 Å². The van der Waals surface area contributed by atoms with Crippen LogP contribution in [0.25, 0.3) is 16.8 Å². The molecule has 0 amide bonds. The molecule has 2 aromatic heterocycles. The number of ether oxygens (including phenoxy) is 1. The average Bonchev–Trinajstić information content (AvgIpc) is 2.99. The topological polar surface area (TPSA) is 61.4 Å². The largest absolute Gasteiger partial charge is 0.465 e. The zero-order valence-corrected chi connectivity index (χ0v) is 11.5. The second-order valence-corrected chi connectivity index (χ2v) is 4.53. The molecule has 0 aliphatic rings. The third-order valence-corrected chi connectivity index (χ3v) is 3.38. The van der Waals surface area contributed by atoms with Gasteiger partial charge in [-0.25, -0.2) is 9.48 Å². The molecule has 0 aliphatic carbocycles. The first-order valence-electron chi connectivity index (χ1n) is 6.20. The van der Waals surface area contributed by atoms with Gasteiger partial charge >= 0.3 is 5.97 Å². The van der Waals surface area contributed by atoms with Gasteiger partial charge in [0.25, 0.3) is 0 Å². The summed E-state index contributed by atoms with van der Waals surface area (Å²) in [4.78, 5) is 12.2. The number of aryl methyl sites for hydroxylation is 2. The van der Waals surface area contributed by atoms with Gasteiger partial charge in [-0.2, -0.15) is 4.52 Å². The number of tetrazole rings is 1. The predicted molar refractivity (Wildman–Crippen MR) is 73.5 cm³/mol. The highest BCUT2D eigenvalue weighted by Gasteiger charge is 2.26. The second kappa shape index (κ2) is 4.48. The number of esters is 1. The minimum Gasteiger partial charge on any atom is -0.465 e. The molecule has 0 aliphatic heterocycles. The van der Waals surface area contributed by atoms with Gasteiger partial charge in [-0.05, 0) is 22.9 Å². The summed E-state index contributed by atoms with van der Waals surface area (Å²) in [6, 6.07) is 9.73. The number of carbonyl (C=O) groups excluding carboxylic acids is 1. The number of rotatable bonds is 2. The van der Waals surface area contributed by atoms with Crippen molar-refractivity contribution in [3.63, 3.8) is 0 Å². The summed E-state index contributed by atoms with van der Waals surface area (Å²) in [5.41, 5.74) is 3.77. The van der Waals surface area contributed by atoms with E-state index in [0.29, 0.717) is 11.2 Å². The zero-order chi connectivity index (χ0) is 14.3. The summed E-state index contributed by atoms with van der Waals surface area (Å²) < 4.78 is 8.16. The maximum atomic E-state index is 12.2. The molecule has 0 N–H and O–H groups in total. The quantitative estimate of drug-likeness (QED) is 0.666. The molecule has 20 heavy (non-hydrogen) atoms. The van der Waals surface area contributed by atoms with Gasteiger partial charge in [0.05, 0.1) is 12.8 Å². The Morgan fingerprint density at radius 3 is 2.55 bits per heavy atom. The Balaban J connectivity index is 2.42. The van der Waals surface area contributed by atoms with E-state index in [0.717, 1.165) is 16.8 Å². The summed E-state index contributed by atoms with van der Waals surface area (Å²) in [7, 11) is 3.13. The third kappa shape index (κ3) is 1.61. The maximum Gasteiger partial charge on any atom is 0.342 e. The van der Waals surface area contributed by atoms with Crippen LogP contribution in [-0.2, 0) is 11.8 Å². The van der Waals surface area contributed by atoms with E-state index in [4.69, 9.17) is 4.74 Å². The molecule has 3 aromatic rings. The van der Waals surface area contributed by atoms with Gasteiger partial charge in [-0.3, -0.25) is 0 Å². The Labute approximate surface area is 115 Å². The zero-order valence-electron chi connectivity index (χ0n) is 11.5. The minimum atomic E-state index is -0.389. The molecule has 6 nitrogen and oxygen atoms in total. The normalized spacial score (nSPS) is 10.9. The molecular weight excluding hydrogens is 256 g/mol. The van der Waals surface area contributed by atoms with Crippen LogP contribution in [0.5, 0.6) is 0 Å². The van der Waals surface area contributed by atoms with Crippen molar-refractivity contribution in [1.82, 2.24) is 19.6 Å². The van der Waals surface area contributed by atoms with Crippen molar-refractivity contribution in [1.29, 1.82) is 0 Å². The fourth-order valence-corrected chi connectivity index (χ4v) is 2.47. The standard InChI is InChI=1S/C14H14N4O2/c1-9-11(10-7-5-4-6-8-10)12(14(19)20-3)13-17(2)15-16-18(9)13/h4-8H,1-3H3. The Bertz CT molecular complexity index is 786. The van der Waals surface area contributed by atoms with Gasteiger partial charge in [0.15, 0.2) is 5.65 Å². The van der Waals surface area contributed by atoms with Gasteiger partial charge in [0.2, 0.25) is 0 Å². The second-order valence-electron chi connectivity index (χ2n) is 4.53. The van der Waals surface area contributed by atoms with Crippen LogP contribution in [0.15, 0.2) is 30.3 Å². The van der Waals surface area contributed by atoms with Crippen molar-refractivity contribution >= 4 is 11.6 Å². The number of hydrogen-bond acceptors (Lipinski definition) is 4. The first-order valence-corrected chi connectivity index (χ1v) is 6.20. The smallest absolute Gasteiger partial charge is 0.342 e. The lowest BCUT2D eigenvalue weighted by Crippen LogP contribution is -2.05. The van der Waals surface area contributed by atoms with Crippen molar-refractivity contribution in [2.45, 2.75) is 6.92 Å². The number of hydrogen-bond donors (Lipinski definition) is 0. The molecule has 0 radical (unpaired) electrons. The SMILES string of the molecule is COC(=O)c1c(-c2ccccc2)c(C)n2nnn(C)c12. The lowest BCUT2D eigenvalue weighted by Gasteiger charge is -2.04. The number of fused-ring (bicyclic) bond motifs is 1. The van der Waals surface area contributed by atoms with Crippen LogP contribution in [-0.4, -0.2) is 32.7 Å². The van der Waals surface area contributed by atoms with Crippen LogP contribution in [0.3, 0.4) is 0 Å². The molecule has 0 unspecified atom stereocenters. The Kier molecular flexibility index (Phi) is 2.78. The van der Waals surface area contributed by atoms with Gasteiger partial charge in [-0.15, -0.1) is 0 Å². The summed E-state index contributed by atoms with van der Waals surface area (Å²) in [6.45, 7) is 1.91. The van der Waals surface area contributed by atoms with Crippen LogP contribution in [0.4, 0.5) is 0 Å². The van der Waals surface area contributed by atoms with Gasteiger partial charge in [0.1, 0.15) is 5.56 Å². The van der Waals surface area contributed by atoms with E-state index in [1.165, 1.54) is 7.11 Å². The summed E-state index contributed by atoms with van der Waals surface area (Å²) >= 11 is 0. The van der Waals surface area contributed by atoms with Crippen molar-refractivity contribution in [3.05, 3.63) is 41.6 Å². The van der Waals surface area contributed by atoms with Gasteiger partial charge in [-0.1, -0.05) is 30.3 Å². The fourth-order valence-electron chi connectivity index (χ4n) is 2.47. The van der Waals surface area contributed by atoms with E-state index in [-0.39, 0.29) is 5.97 Å². The monoisotopic (exact) mass is 270 g/mol. The predicted octanol–water partition coefficient (Wildman–Crippen LogP) is 1.83. The fraction of sp³-hybridized carbons (Fsp3) is 0.214. The molecule has 0 saturated heterocycles. The minimum absolute atomic E-state index is 0.389. The van der Waals surface area contributed by atoms with Crippen molar-refractivity contribution in [3.8, 4) is 11.1 Å². The number of benzene rings is 1. The highest BCUT2D eigenvalue weighted by molar-refractivity contribution is 6.04. The number of nitrogens with zero attached hydrogens (tertiary/aromatic N) is 4. The van der Waals surface area contributed by atoms with Gasteiger partial charge < -0.3 is 4.74 Å². The summed E-state index contributed by atoms with van der Waals surface area (Å²) in [5.74, 6) is -0.389. The molecular formula is C14H14N4O2. The molecule has 6 heteroatoms. The lowest BCUT2D eigenvalue weighted by atomic mass is 10.0. The highest BCUT2D eigenvalue weighted by Crippen LogP contribution is 2.32. The summed E-state index contributed by atoms with van der Waals surface area (Å²) in [5, 5.41) is 8.01. The van der Waals surface area contributed by atoms with Crippen LogP contribution in [0.2, 0.25) is 0 Å². The van der Waals surface area contributed by atoms with Crippen molar-refractivity contribution in [2.75, 3.05) is 7.11 Å². The summed E-state index contributed by atoms with van der Waals surface area (Å²) in [6.07, 6.45) is 0.